The number of hydrogen-bond donors (Lipinski definition) is 2. The molecule has 0 aliphatic heterocycles. The standard InChI is InChI=1S/C20H21Cl2NO5/c1-20(2,3)28-19(26)23-15(18(24)25)10-12-6-4-5-7-16(12)27-17-9-8-13(21)11-14(17)22/h4-9,11,15H,10H2,1-3H3,(H,23,26)(H,24,25). The van der Waals surface area contributed by atoms with Crippen LogP contribution in [0.3, 0.4) is 0 Å². The van der Waals surface area contributed by atoms with Crippen molar-refractivity contribution in [1.82, 2.24) is 5.32 Å². The molecular weight excluding hydrogens is 405 g/mol. The van der Waals surface area contributed by atoms with Crippen LogP contribution in [0.5, 0.6) is 11.5 Å². The monoisotopic (exact) mass is 425 g/mol. The van der Waals surface area contributed by atoms with Gasteiger partial charge in [0.1, 0.15) is 23.1 Å². The number of alkyl carbamates (subject to hydrolysis) is 1. The maximum atomic E-state index is 12.0. The van der Waals surface area contributed by atoms with Gasteiger partial charge in [-0.15, -0.1) is 0 Å². The molecule has 1 amide bonds. The average Bonchev–Trinajstić information content (AvgIpc) is 2.56. The maximum absolute atomic E-state index is 12.0. The Bertz CT molecular complexity index is 864. The third kappa shape index (κ3) is 6.62. The highest BCUT2D eigenvalue weighted by Gasteiger charge is 2.25. The van der Waals surface area contributed by atoms with Gasteiger partial charge in [0.15, 0.2) is 0 Å². The van der Waals surface area contributed by atoms with Crippen molar-refractivity contribution >= 4 is 35.3 Å². The second-order valence-corrected chi connectivity index (χ2v) is 7.87. The summed E-state index contributed by atoms with van der Waals surface area (Å²) in [5.74, 6) is -0.389. The van der Waals surface area contributed by atoms with E-state index in [4.69, 9.17) is 32.7 Å². The van der Waals surface area contributed by atoms with Gasteiger partial charge in [-0.25, -0.2) is 9.59 Å². The average molecular weight is 426 g/mol. The fourth-order valence-electron chi connectivity index (χ4n) is 2.32. The molecule has 0 fully saturated rings. The first-order chi connectivity index (χ1) is 13.0. The summed E-state index contributed by atoms with van der Waals surface area (Å²) in [5, 5.41) is 12.7. The number of carbonyl (C=O) groups excluding carboxylic acids is 1. The van der Waals surface area contributed by atoms with Crippen LogP contribution < -0.4 is 10.1 Å². The van der Waals surface area contributed by atoms with E-state index in [0.717, 1.165) is 0 Å². The van der Waals surface area contributed by atoms with Crippen molar-refractivity contribution in [1.29, 1.82) is 0 Å². The first kappa shape index (κ1) is 21.9. The lowest BCUT2D eigenvalue weighted by Gasteiger charge is -2.22. The van der Waals surface area contributed by atoms with Gasteiger partial charge in [-0.05, 0) is 50.6 Å². The molecule has 0 saturated carbocycles. The van der Waals surface area contributed by atoms with Crippen molar-refractivity contribution in [3.8, 4) is 11.5 Å². The number of hydrogen-bond acceptors (Lipinski definition) is 4. The largest absolute Gasteiger partial charge is 0.480 e. The number of ether oxygens (including phenoxy) is 2. The zero-order valence-electron chi connectivity index (χ0n) is 15.7. The number of nitrogens with one attached hydrogen (secondary N) is 1. The molecule has 6 nitrogen and oxygen atoms in total. The molecule has 0 bridgehead atoms. The van der Waals surface area contributed by atoms with Crippen LogP contribution in [-0.4, -0.2) is 28.8 Å². The Balaban J connectivity index is 2.19. The third-order valence-electron chi connectivity index (χ3n) is 3.50. The van der Waals surface area contributed by atoms with E-state index in [1.54, 1.807) is 63.2 Å². The molecule has 8 heteroatoms. The molecule has 150 valence electrons. The molecular formula is C20H21Cl2NO5. The Morgan fingerprint density at radius 3 is 2.39 bits per heavy atom. The van der Waals surface area contributed by atoms with Crippen LogP contribution in [0.2, 0.25) is 10.0 Å². The van der Waals surface area contributed by atoms with E-state index < -0.39 is 23.7 Å². The van der Waals surface area contributed by atoms with Gasteiger partial charge >= 0.3 is 12.1 Å². The Labute approximate surface area is 173 Å². The molecule has 0 saturated heterocycles. The molecule has 0 heterocycles. The van der Waals surface area contributed by atoms with Crippen LogP contribution in [0.1, 0.15) is 26.3 Å². The number of carboxylic acids is 1. The topological polar surface area (TPSA) is 84.9 Å². The van der Waals surface area contributed by atoms with Crippen molar-refractivity contribution in [3.63, 3.8) is 0 Å². The number of para-hydroxylation sites is 1. The van der Waals surface area contributed by atoms with E-state index in [1.807, 2.05) is 0 Å². The van der Waals surface area contributed by atoms with Gasteiger partial charge < -0.3 is 19.9 Å². The Morgan fingerprint density at radius 2 is 1.79 bits per heavy atom. The molecule has 2 aromatic rings. The first-order valence-electron chi connectivity index (χ1n) is 8.48. The maximum Gasteiger partial charge on any atom is 0.408 e. The molecule has 2 aromatic carbocycles. The predicted octanol–water partition coefficient (Wildman–Crippen LogP) is 5.31. The van der Waals surface area contributed by atoms with Gasteiger partial charge in [-0.1, -0.05) is 41.4 Å². The lowest BCUT2D eigenvalue weighted by molar-refractivity contribution is -0.139. The van der Waals surface area contributed by atoms with Gasteiger partial charge in [0, 0.05) is 11.4 Å². The third-order valence-corrected chi connectivity index (χ3v) is 4.03. The summed E-state index contributed by atoms with van der Waals surface area (Å²) >= 11 is 12.0. The summed E-state index contributed by atoms with van der Waals surface area (Å²) in [7, 11) is 0. The Kier molecular flexibility index (Phi) is 7.16. The molecule has 0 spiro atoms. The van der Waals surface area contributed by atoms with Gasteiger partial charge in [0.05, 0.1) is 5.02 Å². The van der Waals surface area contributed by atoms with Crippen molar-refractivity contribution in [2.24, 2.45) is 0 Å². The molecule has 2 N–H and O–H groups in total. The molecule has 0 aliphatic carbocycles. The zero-order valence-corrected chi connectivity index (χ0v) is 17.2. The van der Waals surface area contributed by atoms with E-state index >= 15 is 0 Å². The minimum Gasteiger partial charge on any atom is -0.480 e. The van der Waals surface area contributed by atoms with Crippen LogP contribution in [0.25, 0.3) is 0 Å². The van der Waals surface area contributed by atoms with Crippen LogP contribution in [-0.2, 0) is 16.0 Å². The molecule has 2 rings (SSSR count). The minimum atomic E-state index is -1.19. The fourth-order valence-corrected chi connectivity index (χ4v) is 2.77. The molecule has 28 heavy (non-hydrogen) atoms. The second-order valence-electron chi connectivity index (χ2n) is 7.03. The highest BCUT2D eigenvalue weighted by Crippen LogP contribution is 2.33. The molecule has 1 unspecified atom stereocenters. The van der Waals surface area contributed by atoms with Gasteiger partial charge in [0.2, 0.25) is 0 Å². The molecule has 0 aromatic heterocycles. The van der Waals surface area contributed by atoms with Gasteiger partial charge in [-0.2, -0.15) is 0 Å². The van der Waals surface area contributed by atoms with E-state index in [1.165, 1.54) is 0 Å². The lowest BCUT2D eigenvalue weighted by atomic mass is 10.0. The summed E-state index contributed by atoms with van der Waals surface area (Å²) in [5.41, 5.74) is -0.156. The number of carboxylic acid groups (broad SMARTS) is 1. The van der Waals surface area contributed by atoms with Gasteiger partial charge in [-0.3, -0.25) is 0 Å². The number of rotatable bonds is 6. The van der Waals surface area contributed by atoms with Crippen LogP contribution >= 0.6 is 23.2 Å². The summed E-state index contributed by atoms with van der Waals surface area (Å²) < 4.78 is 11.0. The number of carbonyl (C=O) groups is 2. The number of benzene rings is 2. The normalized spacial score (nSPS) is 12.2. The number of aliphatic carboxylic acids is 1. The zero-order chi connectivity index (χ0) is 20.9. The molecule has 0 aliphatic rings. The molecule has 1 atom stereocenters. The van der Waals surface area contributed by atoms with Crippen LogP contribution in [0.15, 0.2) is 42.5 Å². The first-order valence-corrected chi connectivity index (χ1v) is 9.24. The van der Waals surface area contributed by atoms with Gasteiger partial charge in [0.25, 0.3) is 0 Å². The summed E-state index contributed by atoms with van der Waals surface area (Å²) in [6.45, 7) is 5.09. The van der Waals surface area contributed by atoms with Crippen molar-refractivity contribution in [2.45, 2.75) is 38.8 Å². The predicted molar refractivity (Wildman–Crippen MR) is 107 cm³/mol. The number of halogens is 2. The fraction of sp³-hybridized carbons (Fsp3) is 0.300. The van der Waals surface area contributed by atoms with Crippen molar-refractivity contribution in [2.75, 3.05) is 0 Å². The minimum absolute atomic E-state index is 0.00401. The van der Waals surface area contributed by atoms with Crippen molar-refractivity contribution in [3.05, 3.63) is 58.1 Å². The number of amides is 1. The van der Waals surface area contributed by atoms with Crippen molar-refractivity contribution < 1.29 is 24.2 Å². The van der Waals surface area contributed by atoms with Crippen LogP contribution in [0, 0.1) is 0 Å². The van der Waals surface area contributed by atoms with Crippen LogP contribution in [0.4, 0.5) is 4.79 Å². The quantitative estimate of drug-likeness (QED) is 0.654. The highest BCUT2D eigenvalue weighted by atomic mass is 35.5. The van der Waals surface area contributed by atoms with E-state index in [0.29, 0.717) is 27.1 Å². The smallest absolute Gasteiger partial charge is 0.408 e. The van der Waals surface area contributed by atoms with E-state index in [2.05, 4.69) is 5.32 Å². The SMILES string of the molecule is CC(C)(C)OC(=O)NC(Cc1ccccc1Oc1ccc(Cl)cc1Cl)C(=O)O. The second kappa shape index (κ2) is 9.17. The lowest BCUT2D eigenvalue weighted by Crippen LogP contribution is -2.44. The molecule has 0 radical (unpaired) electrons. The van der Waals surface area contributed by atoms with E-state index in [-0.39, 0.29) is 6.42 Å². The summed E-state index contributed by atoms with van der Waals surface area (Å²) in [6, 6.07) is 10.5. The van der Waals surface area contributed by atoms with E-state index in [9.17, 15) is 14.7 Å². The summed E-state index contributed by atoms with van der Waals surface area (Å²) in [6.07, 6.45) is -0.810. The highest BCUT2D eigenvalue weighted by molar-refractivity contribution is 6.35. The summed E-state index contributed by atoms with van der Waals surface area (Å²) in [4.78, 5) is 23.6. The Morgan fingerprint density at radius 1 is 1.11 bits per heavy atom. The Hall–Kier alpha value is -2.44.